The van der Waals surface area contributed by atoms with Crippen LogP contribution < -0.4 is 27.7 Å². The van der Waals surface area contributed by atoms with Crippen LogP contribution >= 0.6 is 0 Å². The number of hydrogen-bond acceptors (Lipinski definition) is 17. The number of aliphatic hydroxyl groups is 2. The molecule has 0 spiro atoms. The molecule has 6 rings (SSSR count). The summed E-state index contributed by atoms with van der Waals surface area (Å²) < 4.78 is 34.2. The molecule has 21 nitrogen and oxygen atoms in total. The van der Waals surface area contributed by atoms with Gasteiger partial charge in [0.05, 0.1) is 22.9 Å². The Morgan fingerprint density at radius 1 is 1.18 bits per heavy atom. The van der Waals surface area contributed by atoms with Crippen molar-refractivity contribution in [2.24, 2.45) is 4.99 Å². The Balaban J connectivity index is 1.04. The molecule has 22 heteroatoms. The summed E-state index contributed by atoms with van der Waals surface area (Å²) in [6.45, 7) is 3.92. The standard InChI is InChI=1S/C28H38N12O9S/c1-28(2)19(35-16-21(38-28)36-27(30)37-23(16)43)24(44)31-5-3-6-39-7-4-12(8-13(39)26(45)46)50(47,48)9-14-17(41)18(42)25(49-14)40-11-34-15-20(29)32-10-33-22(15)40/h10-14,17-18,25,41-42H,3-9H2,1-2H3,(H,31,44)(H,45,46)(H2,29,32,33)(H4,30,36,37,38,43)/t12?,13?,14-,17?,18?,25-/m1/s1. The van der Waals surface area contributed by atoms with Crippen LogP contribution in [0.15, 0.2) is 22.4 Å². The third-order valence-corrected chi connectivity index (χ3v) is 11.4. The van der Waals surface area contributed by atoms with Crippen molar-refractivity contribution < 1.29 is 38.1 Å². The molecule has 1 amide bonds. The SMILES string of the molecule is CC1(C)Nc2nc(N)[nH]c(=O)c2N=C1C(=O)NCCCN1CCC(S(=O)(=O)C[C@H]2O[C@@H](n3cnc4c(N)ncnc43)C(O)C2O)CC1C(=O)O. The number of aliphatic hydroxyl groups excluding tert-OH is 2. The Labute approximate surface area is 284 Å². The van der Waals surface area contributed by atoms with Gasteiger partial charge in [0.25, 0.3) is 11.5 Å². The summed E-state index contributed by atoms with van der Waals surface area (Å²) in [5, 5.41) is 36.2. The predicted molar refractivity (Wildman–Crippen MR) is 177 cm³/mol. The smallest absolute Gasteiger partial charge is 0.320 e. The zero-order chi connectivity index (χ0) is 36.1. The van der Waals surface area contributed by atoms with E-state index < -0.39 is 74.4 Å². The molecule has 3 aliphatic rings. The lowest BCUT2D eigenvalue weighted by atomic mass is 9.95. The second-order valence-corrected chi connectivity index (χ2v) is 15.3. The second-order valence-electron chi connectivity index (χ2n) is 13.0. The number of fused-ring (bicyclic) bond motifs is 2. The van der Waals surface area contributed by atoms with Gasteiger partial charge in [-0.3, -0.25) is 28.8 Å². The monoisotopic (exact) mass is 718 g/mol. The fraction of sp³-hybridized carbons (Fsp3) is 0.571. The Morgan fingerprint density at radius 3 is 2.68 bits per heavy atom. The van der Waals surface area contributed by atoms with Gasteiger partial charge >= 0.3 is 5.97 Å². The highest BCUT2D eigenvalue weighted by Gasteiger charge is 2.48. The van der Waals surface area contributed by atoms with E-state index in [1.54, 1.807) is 18.7 Å². The number of likely N-dealkylation sites (tertiary alicyclic amines) is 1. The first-order valence-corrected chi connectivity index (χ1v) is 17.5. The van der Waals surface area contributed by atoms with Crippen molar-refractivity contribution in [3.05, 3.63) is 23.0 Å². The fourth-order valence-corrected chi connectivity index (χ4v) is 8.48. The van der Waals surface area contributed by atoms with E-state index in [4.69, 9.17) is 16.2 Å². The highest BCUT2D eigenvalue weighted by atomic mass is 32.2. The summed E-state index contributed by atoms with van der Waals surface area (Å²) >= 11 is 0. The van der Waals surface area contributed by atoms with Gasteiger partial charge in [-0.05, 0) is 33.1 Å². The number of nitrogens with one attached hydrogen (secondary N) is 3. The van der Waals surface area contributed by atoms with Crippen molar-refractivity contribution in [1.29, 1.82) is 0 Å². The molecular formula is C28H38N12O9S. The molecule has 3 aromatic rings. The van der Waals surface area contributed by atoms with Gasteiger partial charge in [-0.1, -0.05) is 0 Å². The number of hydrogen-bond donors (Lipinski definition) is 8. The third-order valence-electron chi connectivity index (χ3n) is 9.14. The van der Waals surface area contributed by atoms with Crippen molar-refractivity contribution in [2.45, 2.75) is 74.5 Å². The molecule has 3 aliphatic heterocycles. The maximum atomic E-state index is 13.5. The highest BCUT2D eigenvalue weighted by Crippen LogP contribution is 2.34. The van der Waals surface area contributed by atoms with E-state index in [1.807, 2.05) is 0 Å². The highest BCUT2D eigenvalue weighted by molar-refractivity contribution is 7.92. The Bertz CT molecular complexity index is 2020. The van der Waals surface area contributed by atoms with E-state index in [9.17, 15) is 38.1 Å². The number of amides is 1. The van der Waals surface area contributed by atoms with Crippen LogP contribution in [-0.2, 0) is 24.2 Å². The molecule has 2 saturated heterocycles. The lowest BCUT2D eigenvalue weighted by Crippen LogP contribution is -2.52. The molecule has 0 aliphatic carbocycles. The minimum Gasteiger partial charge on any atom is -0.480 e. The van der Waals surface area contributed by atoms with Crippen LogP contribution in [0, 0.1) is 0 Å². The van der Waals surface area contributed by atoms with E-state index in [0.717, 1.165) is 0 Å². The van der Waals surface area contributed by atoms with E-state index in [1.165, 1.54) is 17.2 Å². The summed E-state index contributed by atoms with van der Waals surface area (Å²) in [6.07, 6.45) is -2.85. The molecule has 4 unspecified atom stereocenters. The minimum absolute atomic E-state index is 0.0451. The number of rotatable bonds is 10. The number of carbonyl (C=O) groups excluding carboxylic acids is 1. The number of piperidine rings is 1. The van der Waals surface area contributed by atoms with Crippen LogP contribution in [0.25, 0.3) is 11.2 Å². The molecule has 50 heavy (non-hydrogen) atoms. The maximum Gasteiger partial charge on any atom is 0.320 e. The van der Waals surface area contributed by atoms with Gasteiger partial charge < -0.3 is 42.2 Å². The molecule has 10 N–H and O–H groups in total. The summed E-state index contributed by atoms with van der Waals surface area (Å²) in [5.74, 6) is -2.24. The first kappa shape index (κ1) is 35.1. The number of imidazole rings is 1. The molecule has 0 radical (unpaired) electrons. The van der Waals surface area contributed by atoms with Crippen molar-refractivity contribution in [3.63, 3.8) is 0 Å². The van der Waals surface area contributed by atoms with E-state index in [0.29, 0.717) is 6.42 Å². The van der Waals surface area contributed by atoms with E-state index in [2.05, 4.69) is 40.5 Å². The number of H-pyrrole nitrogens is 1. The number of nitrogens with two attached hydrogens (primary N) is 2. The number of aliphatic imine (C=N–C) groups is 1. The van der Waals surface area contributed by atoms with Crippen LogP contribution in [0.2, 0.25) is 0 Å². The molecule has 3 aromatic heterocycles. The summed E-state index contributed by atoms with van der Waals surface area (Å²) in [7, 11) is -4.01. The van der Waals surface area contributed by atoms with E-state index >= 15 is 0 Å². The molecule has 2 fully saturated rings. The van der Waals surface area contributed by atoms with Crippen LogP contribution in [0.3, 0.4) is 0 Å². The van der Waals surface area contributed by atoms with Gasteiger partial charge in [0, 0.05) is 19.6 Å². The molecule has 0 bridgehead atoms. The quantitative estimate of drug-likeness (QED) is 0.101. The number of aliphatic carboxylic acids is 1. The predicted octanol–water partition coefficient (Wildman–Crippen LogP) is -2.49. The topological polar surface area (TPSA) is 319 Å². The van der Waals surface area contributed by atoms with Crippen LogP contribution in [0.4, 0.5) is 23.3 Å². The van der Waals surface area contributed by atoms with Crippen molar-refractivity contribution in [3.8, 4) is 0 Å². The lowest BCUT2D eigenvalue weighted by molar-refractivity contribution is -0.144. The Hall–Kier alpha value is -4.77. The van der Waals surface area contributed by atoms with Crippen molar-refractivity contribution in [2.75, 3.05) is 42.2 Å². The lowest BCUT2D eigenvalue weighted by Gasteiger charge is -2.37. The number of nitrogens with zero attached hydrogens (tertiary/aromatic N) is 7. The fourth-order valence-electron chi connectivity index (χ4n) is 6.53. The minimum atomic E-state index is -4.01. The normalized spacial score (nSPS) is 26.6. The Morgan fingerprint density at radius 2 is 1.94 bits per heavy atom. The molecule has 0 aromatic carbocycles. The molecule has 6 atom stereocenters. The number of sulfone groups is 1. The summed E-state index contributed by atoms with van der Waals surface area (Å²) in [4.78, 5) is 61.9. The van der Waals surface area contributed by atoms with Crippen LogP contribution in [0.1, 0.15) is 39.3 Å². The Kier molecular flexibility index (Phi) is 9.24. The number of carboxylic acid groups (broad SMARTS) is 1. The van der Waals surface area contributed by atoms with Gasteiger partial charge in [0.15, 0.2) is 39.0 Å². The van der Waals surface area contributed by atoms with Gasteiger partial charge in [-0.2, -0.15) is 4.98 Å². The third kappa shape index (κ3) is 6.58. The van der Waals surface area contributed by atoms with Crippen LogP contribution in [-0.4, -0.2) is 136 Å². The maximum absolute atomic E-state index is 13.5. The van der Waals surface area contributed by atoms with Gasteiger partial charge in [-0.25, -0.2) is 28.4 Å². The average molecular weight is 719 g/mol. The van der Waals surface area contributed by atoms with Gasteiger partial charge in [0.2, 0.25) is 5.95 Å². The van der Waals surface area contributed by atoms with Crippen molar-refractivity contribution >= 4 is 61.9 Å². The van der Waals surface area contributed by atoms with Crippen LogP contribution in [0.5, 0.6) is 0 Å². The molecular weight excluding hydrogens is 680 g/mol. The van der Waals surface area contributed by atoms with Crippen molar-refractivity contribution in [1.82, 2.24) is 39.7 Å². The largest absolute Gasteiger partial charge is 0.480 e. The number of aromatic nitrogens is 6. The van der Waals surface area contributed by atoms with Gasteiger partial charge in [0.1, 0.15) is 41.9 Å². The summed E-state index contributed by atoms with van der Waals surface area (Å²) in [5.41, 5.74) is 10.3. The molecule has 6 heterocycles. The number of aromatic amines is 1. The first-order chi connectivity index (χ1) is 23.6. The average Bonchev–Trinajstić information content (AvgIpc) is 3.59. The first-order valence-electron chi connectivity index (χ1n) is 15.8. The van der Waals surface area contributed by atoms with Gasteiger partial charge in [-0.15, -0.1) is 0 Å². The number of carbonyl (C=O) groups is 2. The number of ether oxygens (including phenoxy) is 1. The number of carboxylic acids is 1. The summed E-state index contributed by atoms with van der Waals surface area (Å²) in [6, 6.07) is -1.12. The molecule has 270 valence electrons. The second kappa shape index (κ2) is 13.2. The van der Waals surface area contributed by atoms with E-state index in [-0.39, 0.29) is 72.6 Å². The molecule has 0 saturated carbocycles. The number of nitrogen functional groups attached to an aromatic ring is 2. The number of anilines is 3. The zero-order valence-corrected chi connectivity index (χ0v) is 27.9. The zero-order valence-electron chi connectivity index (χ0n) is 27.1.